The highest BCUT2D eigenvalue weighted by molar-refractivity contribution is 5.91. The Morgan fingerprint density at radius 2 is 2.09 bits per heavy atom. The van der Waals surface area contributed by atoms with Crippen LogP contribution in [0.4, 0.5) is 0 Å². The van der Waals surface area contributed by atoms with Gasteiger partial charge < -0.3 is 19.2 Å². The highest BCUT2D eigenvalue weighted by Crippen LogP contribution is 2.09. The maximum Gasteiger partial charge on any atom is 0.287 e. The van der Waals surface area contributed by atoms with Gasteiger partial charge in [-0.05, 0) is 39.2 Å². The zero-order valence-electron chi connectivity index (χ0n) is 13.1. The third kappa shape index (κ3) is 4.08. The van der Waals surface area contributed by atoms with Crippen molar-refractivity contribution in [3.63, 3.8) is 0 Å². The zero-order chi connectivity index (χ0) is 16.1. The number of nitrogens with zero attached hydrogens (tertiary/aromatic N) is 2. The van der Waals surface area contributed by atoms with Crippen LogP contribution in [0.3, 0.4) is 0 Å². The van der Waals surface area contributed by atoms with Crippen molar-refractivity contribution in [3.8, 4) is 0 Å². The summed E-state index contributed by atoms with van der Waals surface area (Å²) < 4.78 is 7.03. The summed E-state index contributed by atoms with van der Waals surface area (Å²) in [6.45, 7) is 2.87. The summed E-state index contributed by atoms with van der Waals surface area (Å²) in [5.41, 5.74) is -0.107. The Morgan fingerprint density at radius 3 is 2.77 bits per heavy atom. The molecule has 1 N–H and O–H groups in total. The van der Waals surface area contributed by atoms with Gasteiger partial charge in [0, 0.05) is 24.8 Å². The lowest BCUT2D eigenvalue weighted by Crippen LogP contribution is -2.38. The Morgan fingerprint density at radius 1 is 1.32 bits per heavy atom. The minimum Gasteiger partial charge on any atom is -0.454 e. The second-order valence-corrected chi connectivity index (χ2v) is 5.46. The normalized spacial score (nSPS) is 12.4. The zero-order valence-corrected chi connectivity index (χ0v) is 13.1. The third-order valence-corrected chi connectivity index (χ3v) is 3.55. The van der Waals surface area contributed by atoms with Gasteiger partial charge >= 0.3 is 0 Å². The van der Waals surface area contributed by atoms with Gasteiger partial charge in [0.2, 0.25) is 0 Å². The first-order valence-electron chi connectivity index (χ1n) is 7.16. The third-order valence-electron chi connectivity index (χ3n) is 3.55. The molecule has 2 aromatic heterocycles. The fourth-order valence-electron chi connectivity index (χ4n) is 1.85. The summed E-state index contributed by atoms with van der Waals surface area (Å²) in [6.07, 6.45) is 1.68. The molecule has 2 heterocycles. The molecule has 0 aliphatic carbocycles. The highest BCUT2D eigenvalue weighted by atomic mass is 16.4. The topological polar surface area (TPSA) is 67.5 Å². The molecule has 22 heavy (non-hydrogen) atoms. The van der Waals surface area contributed by atoms with E-state index in [0.717, 1.165) is 0 Å². The number of carbonyl (C=O) groups is 1. The Hall–Kier alpha value is -2.34. The summed E-state index contributed by atoms with van der Waals surface area (Å²) in [5, 5.41) is 2.83. The van der Waals surface area contributed by atoms with Crippen LogP contribution in [0, 0.1) is 0 Å². The van der Waals surface area contributed by atoms with Gasteiger partial charge in [0.15, 0.2) is 5.76 Å². The van der Waals surface area contributed by atoms with E-state index in [0.29, 0.717) is 18.8 Å². The van der Waals surface area contributed by atoms with Crippen LogP contribution in [0.2, 0.25) is 0 Å². The van der Waals surface area contributed by atoms with Gasteiger partial charge in [-0.1, -0.05) is 6.07 Å². The molecule has 2 rings (SSSR count). The molecule has 0 aliphatic rings. The van der Waals surface area contributed by atoms with Crippen LogP contribution in [0.5, 0.6) is 0 Å². The van der Waals surface area contributed by atoms with Crippen molar-refractivity contribution in [1.82, 2.24) is 14.8 Å². The van der Waals surface area contributed by atoms with Gasteiger partial charge in [-0.2, -0.15) is 0 Å². The van der Waals surface area contributed by atoms with Crippen LogP contribution in [0.25, 0.3) is 0 Å². The fraction of sp³-hybridized carbons (Fsp3) is 0.375. The average molecular weight is 303 g/mol. The van der Waals surface area contributed by atoms with Crippen LogP contribution < -0.4 is 10.9 Å². The molecule has 0 radical (unpaired) electrons. The van der Waals surface area contributed by atoms with Crippen molar-refractivity contribution in [2.24, 2.45) is 0 Å². The molecule has 0 unspecified atom stereocenters. The van der Waals surface area contributed by atoms with E-state index in [2.05, 4.69) is 5.32 Å². The maximum absolute atomic E-state index is 12.0. The maximum atomic E-state index is 12.0. The molecule has 2 aromatic rings. The summed E-state index contributed by atoms with van der Waals surface area (Å²) in [5.74, 6) is 0.574. The summed E-state index contributed by atoms with van der Waals surface area (Å²) in [4.78, 5) is 25.7. The monoisotopic (exact) mass is 303 g/mol. The number of hydrogen-bond donors (Lipinski definition) is 1. The quantitative estimate of drug-likeness (QED) is 0.870. The van der Waals surface area contributed by atoms with E-state index in [1.165, 1.54) is 10.6 Å². The van der Waals surface area contributed by atoms with Crippen molar-refractivity contribution in [3.05, 3.63) is 58.4 Å². The molecule has 1 atom stereocenters. The standard InChI is InChI=1S/C16H21N3O3/c1-12(18(2)3)10-17-16(21)14-8-7-13(22-14)11-19-9-5-4-6-15(19)20/h4-9,12H,10-11H2,1-3H3,(H,17,21)/t12-/m1/s1. The molecule has 1 amide bonds. The molecule has 0 saturated heterocycles. The molecule has 6 heteroatoms. The van der Waals surface area contributed by atoms with Crippen LogP contribution in [0.1, 0.15) is 23.2 Å². The fourth-order valence-corrected chi connectivity index (χ4v) is 1.85. The largest absolute Gasteiger partial charge is 0.454 e. The molecule has 0 saturated carbocycles. The predicted molar refractivity (Wildman–Crippen MR) is 84.0 cm³/mol. The van der Waals surface area contributed by atoms with Crippen LogP contribution in [-0.2, 0) is 6.54 Å². The minimum atomic E-state index is -0.250. The molecular formula is C16H21N3O3. The lowest BCUT2D eigenvalue weighted by atomic mass is 10.3. The van der Waals surface area contributed by atoms with Crippen LogP contribution in [-0.4, -0.2) is 42.1 Å². The highest BCUT2D eigenvalue weighted by Gasteiger charge is 2.13. The van der Waals surface area contributed by atoms with Crippen molar-refractivity contribution in [2.45, 2.75) is 19.5 Å². The number of nitrogens with one attached hydrogen (secondary N) is 1. The molecular weight excluding hydrogens is 282 g/mol. The SMILES string of the molecule is C[C@H](CNC(=O)c1ccc(Cn2ccccc2=O)o1)N(C)C. The second-order valence-electron chi connectivity index (χ2n) is 5.46. The predicted octanol–water partition coefficient (Wildman–Crippen LogP) is 1.17. The first-order valence-corrected chi connectivity index (χ1v) is 7.16. The molecule has 0 aromatic carbocycles. The van der Waals surface area contributed by atoms with Gasteiger partial charge in [0.05, 0.1) is 6.54 Å². The smallest absolute Gasteiger partial charge is 0.287 e. The number of rotatable bonds is 6. The number of hydrogen-bond acceptors (Lipinski definition) is 4. The number of carbonyl (C=O) groups excluding carboxylic acids is 1. The van der Waals surface area contributed by atoms with Crippen molar-refractivity contribution in [2.75, 3.05) is 20.6 Å². The molecule has 6 nitrogen and oxygen atoms in total. The summed E-state index contributed by atoms with van der Waals surface area (Å²) in [6, 6.07) is 8.52. The molecule has 0 spiro atoms. The van der Waals surface area contributed by atoms with Crippen molar-refractivity contribution >= 4 is 5.91 Å². The number of pyridine rings is 1. The summed E-state index contributed by atoms with van der Waals surface area (Å²) in [7, 11) is 3.92. The van der Waals surface area contributed by atoms with Gasteiger partial charge in [0.25, 0.3) is 11.5 Å². The van der Waals surface area contributed by atoms with E-state index in [1.807, 2.05) is 25.9 Å². The van der Waals surface area contributed by atoms with E-state index >= 15 is 0 Å². The molecule has 0 bridgehead atoms. The Labute approximate surface area is 129 Å². The lowest BCUT2D eigenvalue weighted by molar-refractivity contribution is 0.0914. The van der Waals surface area contributed by atoms with Crippen LogP contribution in [0.15, 0.2) is 45.7 Å². The molecule has 118 valence electrons. The van der Waals surface area contributed by atoms with Crippen molar-refractivity contribution in [1.29, 1.82) is 0 Å². The number of furan rings is 1. The van der Waals surface area contributed by atoms with E-state index in [1.54, 1.807) is 30.5 Å². The Bertz CT molecular complexity index is 688. The van der Waals surface area contributed by atoms with Gasteiger partial charge in [-0.25, -0.2) is 0 Å². The lowest BCUT2D eigenvalue weighted by Gasteiger charge is -2.19. The average Bonchev–Trinajstić information content (AvgIpc) is 2.95. The Balaban J connectivity index is 1.98. The van der Waals surface area contributed by atoms with Gasteiger partial charge in [-0.3, -0.25) is 9.59 Å². The number of likely N-dealkylation sites (N-methyl/N-ethyl adjacent to an activating group) is 1. The van der Waals surface area contributed by atoms with E-state index in [9.17, 15) is 9.59 Å². The van der Waals surface area contributed by atoms with Crippen LogP contribution >= 0.6 is 0 Å². The van der Waals surface area contributed by atoms with E-state index in [4.69, 9.17) is 4.42 Å². The molecule has 0 fully saturated rings. The number of amides is 1. The first kappa shape index (κ1) is 16.0. The van der Waals surface area contributed by atoms with Gasteiger partial charge in [-0.15, -0.1) is 0 Å². The van der Waals surface area contributed by atoms with E-state index in [-0.39, 0.29) is 23.3 Å². The number of aromatic nitrogens is 1. The second kappa shape index (κ2) is 7.09. The minimum absolute atomic E-state index is 0.107. The van der Waals surface area contributed by atoms with Gasteiger partial charge in [0.1, 0.15) is 5.76 Å². The Kier molecular flexibility index (Phi) is 5.16. The van der Waals surface area contributed by atoms with Crippen molar-refractivity contribution < 1.29 is 9.21 Å². The van der Waals surface area contributed by atoms with E-state index < -0.39 is 0 Å². The molecule has 0 aliphatic heterocycles. The first-order chi connectivity index (χ1) is 10.5. The summed E-state index contributed by atoms with van der Waals surface area (Å²) >= 11 is 0.